The van der Waals surface area contributed by atoms with Crippen molar-refractivity contribution in [2.45, 2.75) is 223 Å². The first-order valence-corrected chi connectivity index (χ1v) is 28.1. The van der Waals surface area contributed by atoms with Gasteiger partial charge in [-0.1, -0.05) is 167 Å². The fraction of sp³-hybridized carbons (Fsp3) is 0.656. The normalized spacial score (nSPS) is 25.6. The summed E-state index contributed by atoms with van der Waals surface area (Å²) in [6.07, 6.45) is 48.2. The van der Waals surface area contributed by atoms with Crippen LogP contribution in [0.2, 0.25) is 0 Å². The Labute approximate surface area is 450 Å². The number of hydrogen-bond acceptors (Lipinski definition) is 14. The fourth-order valence-electron chi connectivity index (χ4n) is 7.98. The highest BCUT2D eigenvalue weighted by molar-refractivity contribution is 5.69. The first-order valence-electron chi connectivity index (χ1n) is 28.1. The van der Waals surface area contributed by atoms with Gasteiger partial charge in [-0.25, -0.2) is 0 Å². The molecule has 426 valence electrons. The molecule has 0 aliphatic carbocycles. The van der Waals surface area contributed by atoms with Crippen LogP contribution in [0, 0.1) is 0 Å². The van der Waals surface area contributed by atoms with Crippen molar-refractivity contribution in [2.75, 3.05) is 33.0 Å². The minimum atomic E-state index is -1.72. The number of aliphatic hydroxyl groups excluding tert-OH is 7. The topological polar surface area (TPSA) is 214 Å². The van der Waals surface area contributed by atoms with Crippen molar-refractivity contribution in [1.82, 2.24) is 0 Å². The number of carbonyl (C=O) groups is 1. The quantitative estimate of drug-likeness (QED) is 0.0172. The van der Waals surface area contributed by atoms with Crippen molar-refractivity contribution >= 4 is 5.97 Å². The maximum absolute atomic E-state index is 13.0. The molecular weight excluding hydrogens is 957 g/mol. The Morgan fingerprint density at radius 1 is 0.440 bits per heavy atom. The molecule has 75 heavy (non-hydrogen) atoms. The maximum Gasteiger partial charge on any atom is 0.306 e. The molecule has 0 aromatic carbocycles. The van der Waals surface area contributed by atoms with Gasteiger partial charge < -0.3 is 64.2 Å². The molecular formula is C61H98O14. The van der Waals surface area contributed by atoms with Crippen molar-refractivity contribution in [3.05, 3.63) is 122 Å². The number of carbonyl (C=O) groups excluding carboxylic acids is 1. The standard InChI is InChI=1S/C61H98O14/c1-3-5-7-9-11-13-15-17-19-21-22-23-24-25-26-27-29-31-33-35-37-39-41-43-45-70-47-50(73-53(63)44-42-40-38-36-34-32-30-28-20-18-16-14-12-10-8-6-4-2)48-71-60-59(69)57(67)55(65)52(75-60)49-72-61-58(68)56(66)54(64)51(46-62)74-61/h5-8,11-14,17-20,22-23,25-26,29-32,50-52,54-62,64-69H,3-4,9-10,15-16,21,24,27-28,33-49H2,1-2H3/b7-5-,8-6-,13-11-,14-12-,19-17-,20-18-,23-22-,26-25-,31-29-,32-30-. The van der Waals surface area contributed by atoms with Crippen LogP contribution in [0.25, 0.3) is 0 Å². The lowest BCUT2D eigenvalue weighted by molar-refractivity contribution is -0.332. The van der Waals surface area contributed by atoms with E-state index in [1.165, 1.54) is 0 Å². The largest absolute Gasteiger partial charge is 0.457 e. The minimum absolute atomic E-state index is 0.0287. The molecule has 11 unspecified atom stereocenters. The third-order valence-corrected chi connectivity index (χ3v) is 12.5. The summed E-state index contributed by atoms with van der Waals surface area (Å²) in [4.78, 5) is 13.0. The SMILES string of the molecule is CC/C=C\C/C=C\C/C=C\C/C=C\C/C=C\C/C=C\CCCCCCCOCC(COC1OC(COC2OC(CO)C(O)C(O)C2O)C(O)C(O)C1O)OC(=O)CCCCCC/C=C\C/C=C\C/C=C\C/C=C\CC. The van der Waals surface area contributed by atoms with Gasteiger partial charge in [0.25, 0.3) is 0 Å². The Balaban J connectivity index is 1.75. The Kier molecular flexibility index (Phi) is 41.8. The molecule has 2 aliphatic rings. The molecule has 2 saturated heterocycles. The number of hydrogen-bond donors (Lipinski definition) is 7. The summed E-state index contributed by atoms with van der Waals surface area (Å²) in [5, 5.41) is 72.3. The smallest absolute Gasteiger partial charge is 0.306 e. The molecule has 0 radical (unpaired) electrons. The van der Waals surface area contributed by atoms with Crippen molar-refractivity contribution in [2.24, 2.45) is 0 Å². The van der Waals surface area contributed by atoms with Crippen LogP contribution in [0.1, 0.15) is 155 Å². The van der Waals surface area contributed by atoms with E-state index >= 15 is 0 Å². The molecule has 0 amide bonds. The lowest BCUT2D eigenvalue weighted by Crippen LogP contribution is -2.61. The number of unbranched alkanes of at least 4 members (excludes halogenated alkanes) is 9. The van der Waals surface area contributed by atoms with Gasteiger partial charge in [-0.05, 0) is 103 Å². The van der Waals surface area contributed by atoms with Gasteiger partial charge in [0.1, 0.15) is 54.9 Å². The molecule has 14 heteroatoms. The zero-order valence-electron chi connectivity index (χ0n) is 45.5. The molecule has 7 N–H and O–H groups in total. The third kappa shape index (κ3) is 33.3. The van der Waals surface area contributed by atoms with E-state index in [1.54, 1.807) is 0 Å². The van der Waals surface area contributed by atoms with E-state index < -0.39 is 86.7 Å². The molecule has 2 fully saturated rings. The van der Waals surface area contributed by atoms with Crippen LogP contribution in [0.3, 0.4) is 0 Å². The highest BCUT2D eigenvalue weighted by Gasteiger charge is 2.47. The molecule has 0 saturated carbocycles. The second-order valence-corrected chi connectivity index (χ2v) is 19.0. The lowest BCUT2D eigenvalue weighted by Gasteiger charge is -2.42. The van der Waals surface area contributed by atoms with E-state index in [0.717, 1.165) is 128 Å². The monoisotopic (exact) mass is 1050 g/mol. The molecule has 0 aromatic heterocycles. The van der Waals surface area contributed by atoms with E-state index in [9.17, 15) is 40.5 Å². The van der Waals surface area contributed by atoms with Crippen LogP contribution < -0.4 is 0 Å². The maximum atomic E-state index is 13.0. The number of esters is 1. The summed E-state index contributed by atoms with van der Waals surface area (Å²) in [5.41, 5.74) is 0. The average molecular weight is 1060 g/mol. The van der Waals surface area contributed by atoms with Crippen LogP contribution >= 0.6 is 0 Å². The van der Waals surface area contributed by atoms with Gasteiger partial charge >= 0.3 is 5.97 Å². The number of aliphatic hydroxyl groups is 7. The summed E-state index contributed by atoms with van der Waals surface area (Å²) >= 11 is 0. The van der Waals surface area contributed by atoms with Crippen LogP contribution in [-0.2, 0) is 33.2 Å². The molecule has 0 aromatic rings. The van der Waals surface area contributed by atoms with Gasteiger partial charge in [0.2, 0.25) is 0 Å². The Morgan fingerprint density at radius 2 is 0.827 bits per heavy atom. The van der Waals surface area contributed by atoms with Crippen LogP contribution in [0.4, 0.5) is 0 Å². The lowest BCUT2D eigenvalue weighted by atomic mass is 9.98. The summed E-state index contributed by atoms with van der Waals surface area (Å²) in [6.45, 7) is 3.34. The highest BCUT2D eigenvalue weighted by atomic mass is 16.7. The van der Waals surface area contributed by atoms with E-state index in [-0.39, 0.29) is 19.6 Å². The van der Waals surface area contributed by atoms with E-state index in [4.69, 9.17) is 28.4 Å². The second kappa shape index (κ2) is 46.5. The van der Waals surface area contributed by atoms with Crippen molar-refractivity contribution in [3.63, 3.8) is 0 Å². The molecule has 2 rings (SSSR count). The van der Waals surface area contributed by atoms with Crippen molar-refractivity contribution < 1.29 is 69.0 Å². The average Bonchev–Trinajstić information content (AvgIpc) is 3.41. The minimum Gasteiger partial charge on any atom is -0.457 e. The van der Waals surface area contributed by atoms with Gasteiger partial charge in [-0.3, -0.25) is 4.79 Å². The van der Waals surface area contributed by atoms with Gasteiger partial charge in [-0.15, -0.1) is 0 Å². The number of ether oxygens (including phenoxy) is 6. The Hall–Kier alpha value is -3.61. The van der Waals surface area contributed by atoms with Gasteiger partial charge in [0.05, 0.1) is 26.4 Å². The van der Waals surface area contributed by atoms with Crippen molar-refractivity contribution in [1.29, 1.82) is 0 Å². The van der Waals surface area contributed by atoms with E-state index in [1.807, 2.05) is 0 Å². The summed E-state index contributed by atoms with van der Waals surface area (Å²) in [5.74, 6) is -0.413. The van der Waals surface area contributed by atoms with E-state index in [0.29, 0.717) is 13.0 Å². The molecule has 2 aliphatic heterocycles. The third-order valence-electron chi connectivity index (χ3n) is 12.5. The predicted octanol–water partition coefficient (Wildman–Crippen LogP) is 9.74. The molecule has 2 heterocycles. The van der Waals surface area contributed by atoms with Gasteiger partial charge in [0, 0.05) is 13.0 Å². The summed E-state index contributed by atoms with van der Waals surface area (Å²) in [6, 6.07) is 0. The first kappa shape index (κ1) is 67.5. The Morgan fingerprint density at radius 3 is 1.29 bits per heavy atom. The van der Waals surface area contributed by atoms with Crippen LogP contribution in [-0.4, -0.2) is 142 Å². The summed E-state index contributed by atoms with van der Waals surface area (Å²) in [7, 11) is 0. The Bertz CT molecular complexity index is 1700. The summed E-state index contributed by atoms with van der Waals surface area (Å²) < 4.78 is 34.3. The second-order valence-electron chi connectivity index (χ2n) is 19.0. The first-order chi connectivity index (χ1) is 36.6. The zero-order chi connectivity index (χ0) is 54.4. The number of allylic oxidation sites excluding steroid dienone is 20. The predicted molar refractivity (Wildman–Crippen MR) is 297 cm³/mol. The molecule has 11 atom stereocenters. The van der Waals surface area contributed by atoms with Gasteiger partial charge in [0.15, 0.2) is 12.6 Å². The van der Waals surface area contributed by atoms with Crippen LogP contribution in [0.5, 0.6) is 0 Å². The van der Waals surface area contributed by atoms with Gasteiger partial charge in [-0.2, -0.15) is 0 Å². The fourth-order valence-corrected chi connectivity index (χ4v) is 7.98. The molecule has 0 spiro atoms. The van der Waals surface area contributed by atoms with Crippen LogP contribution in [0.15, 0.2) is 122 Å². The van der Waals surface area contributed by atoms with Crippen molar-refractivity contribution in [3.8, 4) is 0 Å². The molecule has 0 bridgehead atoms. The highest BCUT2D eigenvalue weighted by Crippen LogP contribution is 2.26. The zero-order valence-corrected chi connectivity index (χ0v) is 45.5. The molecule has 14 nitrogen and oxygen atoms in total. The number of rotatable bonds is 43. The van der Waals surface area contributed by atoms with E-state index in [2.05, 4.69) is 135 Å².